The number of nitrogens with one attached hydrogen (secondary N) is 1. The molecule has 10 heavy (non-hydrogen) atoms. The van der Waals surface area contributed by atoms with Crippen molar-refractivity contribution in [2.75, 3.05) is 6.54 Å². The number of amides is 1. The van der Waals surface area contributed by atoms with E-state index < -0.39 is 0 Å². The summed E-state index contributed by atoms with van der Waals surface area (Å²) in [6.45, 7) is 0.780. The molecule has 0 aromatic rings. The Morgan fingerprint density at radius 2 is 2.70 bits per heavy atom. The monoisotopic (exact) mass is 137 g/mol. The van der Waals surface area contributed by atoms with Crippen LogP contribution in [0.3, 0.4) is 0 Å². The number of allylic oxidation sites excluding steroid dienone is 1. The zero-order valence-corrected chi connectivity index (χ0v) is 5.55. The Bertz CT molecular complexity index is 194. The second-order valence-corrected chi connectivity index (χ2v) is 2.08. The summed E-state index contributed by atoms with van der Waals surface area (Å²) in [5.74, 6) is -0.323. The summed E-state index contributed by atoms with van der Waals surface area (Å²) >= 11 is 0. The third-order valence-electron chi connectivity index (χ3n) is 1.15. The summed E-state index contributed by atoms with van der Waals surface area (Å²) in [4.78, 5) is 10.4. The number of hydrogen-bond donors (Lipinski definition) is 2. The van der Waals surface area contributed by atoms with E-state index in [9.17, 15) is 4.79 Å². The molecular formula is C7H9N2O. The Balaban J connectivity index is 2.48. The molecule has 0 bridgehead atoms. The maximum Gasteiger partial charge on any atom is 0.221 e. The minimum Gasteiger partial charge on any atom is -0.380 e. The van der Waals surface area contributed by atoms with Crippen LogP contribution in [0, 0.1) is 6.20 Å². The Morgan fingerprint density at radius 1 is 1.90 bits per heavy atom. The van der Waals surface area contributed by atoms with Crippen molar-refractivity contribution in [3.63, 3.8) is 0 Å². The first-order valence-electron chi connectivity index (χ1n) is 3.08. The first-order valence-corrected chi connectivity index (χ1v) is 3.08. The van der Waals surface area contributed by atoms with E-state index >= 15 is 0 Å². The molecule has 1 aliphatic heterocycles. The molecule has 3 heteroatoms. The average molecular weight is 137 g/mol. The largest absolute Gasteiger partial charge is 0.380 e. The van der Waals surface area contributed by atoms with Gasteiger partial charge >= 0.3 is 0 Å². The van der Waals surface area contributed by atoms with Crippen molar-refractivity contribution in [3.8, 4) is 0 Å². The van der Waals surface area contributed by atoms with Crippen LogP contribution in [0.25, 0.3) is 0 Å². The zero-order valence-electron chi connectivity index (χ0n) is 5.55. The summed E-state index contributed by atoms with van der Waals surface area (Å²) in [5, 5.41) is 2.86. The van der Waals surface area contributed by atoms with Crippen molar-refractivity contribution in [2.45, 2.75) is 6.42 Å². The van der Waals surface area contributed by atoms with Crippen LogP contribution in [-0.4, -0.2) is 12.5 Å². The van der Waals surface area contributed by atoms with E-state index in [1.807, 2.05) is 12.2 Å². The maximum atomic E-state index is 10.4. The molecular weight excluding hydrogens is 128 g/mol. The molecule has 0 aromatic heterocycles. The Hall–Kier alpha value is -1.25. The molecule has 0 atom stereocenters. The van der Waals surface area contributed by atoms with Gasteiger partial charge in [0, 0.05) is 6.54 Å². The van der Waals surface area contributed by atoms with Crippen molar-refractivity contribution in [1.29, 1.82) is 0 Å². The van der Waals surface area contributed by atoms with Crippen molar-refractivity contribution in [2.24, 2.45) is 5.73 Å². The van der Waals surface area contributed by atoms with Gasteiger partial charge in [0.05, 0.1) is 12.6 Å². The lowest BCUT2D eigenvalue weighted by Crippen LogP contribution is -2.15. The highest BCUT2D eigenvalue weighted by atomic mass is 16.1. The number of nitrogens with two attached hydrogens (primary N) is 1. The topological polar surface area (TPSA) is 55.1 Å². The van der Waals surface area contributed by atoms with E-state index in [1.54, 1.807) is 0 Å². The fraction of sp³-hybridized carbons (Fsp3) is 0.286. The number of primary amides is 1. The molecule has 0 fully saturated rings. The van der Waals surface area contributed by atoms with Crippen LogP contribution in [0.4, 0.5) is 0 Å². The predicted octanol–water partition coefficient (Wildman–Crippen LogP) is -0.292. The van der Waals surface area contributed by atoms with Crippen LogP contribution < -0.4 is 11.1 Å². The lowest BCUT2D eigenvalue weighted by molar-refractivity contribution is -0.117. The number of dihydropyridines is 1. The fourth-order valence-electron chi connectivity index (χ4n) is 0.757. The number of hydrogen-bond acceptors (Lipinski definition) is 2. The summed E-state index contributed by atoms with van der Waals surface area (Å²) in [7, 11) is 0. The highest BCUT2D eigenvalue weighted by Crippen LogP contribution is 2.02. The summed E-state index contributed by atoms with van der Waals surface area (Å²) < 4.78 is 0. The molecule has 1 aliphatic rings. The summed E-state index contributed by atoms with van der Waals surface area (Å²) in [6, 6.07) is 0. The van der Waals surface area contributed by atoms with Gasteiger partial charge in [0.15, 0.2) is 0 Å². The molecule has 1 rings (SSSR count). The number of carbonyl (C=O) groups excluding carboxylic acids is 1. The third-order valence-corrected chi connectivity index (χ3v) is 1.15. The van der Waals surface area contributed by atoms with Gasteiger partial charge in [-0.1, -0.05) is 12.2 Å². The second kappa shape index (κ2) is 3.06. The predicted molar refractivity (Wildman–Crippen MR) is 37.7 cm³/mol. The van der Waals surface area contributed by atoms with Crippen LogP contribution in [0.1, 0.15) is 6.42 Å². The minimum absolute atomic E-state index is 0.267. The van der Waals surface area contributed by atoms with Crippen molar-refractivity contribution < 1.29 is 4.79 Å². The molecule has 0 saturated carbocycles. The van der Waals surface area contributed by atoms with E-state index in [0.717, 1.165) is 12.1 Å². The van der Waals surface area contributed by atoms with Gasteiger partial charge in [-0.15, -0.1) is 0 Å². The Morgan fingerprint density at radius 3 is 3.20 bits per heavy atom. The Labute approximate surface area is 59.6 Å². The van der Waals surface area contributed by atoms with E-state index in [0.29, 0.717) is 0 Å². The van der Waals surface area contributed by atoms with Crippen LogP contribution in [-0.2, 0) is 4.79 Å². The molecule has 1 heterocycles. The lowest BCUT2D eigenvalue weighted by atomic mass is 10.1. The van der Waals surface area contributed by atoms with E-state index in [1.165, 1.54) is 0 Å². The van der Waals surface area contributed by atoms with Gasteiger partial charge in [-0.3, -0.25) is 4.79 Å². The standard InChI is InChI=1S/C7H9N2O/c8-7(10)4-6-2-1-3-9-5-6/h1-2,9H,3-4H2,(H2,8,10). The van der Waals surface area contributed by atoms with Crippen LogP contribution in [0.5, 0.6) is 0 Å². The van der Waals surface area contributed by atoms with Crippen LogP contribution in [0.15, 0.2) is 17.7 Å². The summed E-state index contributed by atoms with van der Waals surface area (Å²) in [6.07, 6.45) is 6.87. The van der Waals surface area contributed by atoms with Crippen molar-refractivity contribution in [1.82, 2.24) is 5.32 Å². The minimum atomic E-state index is -0.323. The van der Waals surface area contributed by atoms with Gasteiger partial charge in [-0.05, 0) is 5.57 Å². The normalized spacial score (nSPS) is 15.8. The fourth-order valence-corrected chi connectivity index (χ4v) is 0.757. The smallest absolute Gasteiger partial charge is 0.221 e. The highest BCUT2D eigenvalue weighted by Gasteiger charge is 2.00. The molecule has 0 aromatic carbocycles. The Kier molecular flexibility index (Phi) is 2.10. The van der Waals surface area contributed by atoms with Gasteiger partial charge in [0.25, 0.3) is 0 Å². The van der Waals surface area contributed by atoms with Crippen molar-refractivity contribution >= 4 is 5.91 Å². The van der Waals surface area contributed by atoms with Gasteiger partial charge in [0.1, 0.15) is 0 Å². The first kappa shape index (κ1) is 6.86. The molecule has 1 radical (unpaired) electrons. The molecule has 3 nitrogen and oxygen atoms in total. The molecule has 3 N–H and O–H groups in total. The molecule has 0 unspecified atom stereocenters. The van der Waals surface area contributed by atoms with Crippen LogP contribution in [0.2, 0.25) is 0 Å². The van der Waals surface area contributed by atoms with Crippen LogP contribution >= 0.6 is 0 Å². The maximum absolute atomic E-state index is 10.4. The molecule has 53 valence electrons. The molecule has 0 aliphatic carbocycles. The number of carbonyl (C=O) groups is 1. The van der Waals surface area contributed by atoms with Gasteiger partial charge in [-0.25, -0.2) is 0 Å². The quantitative estimate of drug-likeness (QED) is 0.549. The van der Waals surface area contributed by atoms with E-state index in [2.05, 4.69) is 11.5 Å². The molecule has 0 spiro atoms. The SMILES string of the molecule is NC(=O)CC1=[C]NCC=C1. The second-order valence-electron chi connectivity index (χ2n) is 2.08. The van der Waals surface area contributed by atoms with E-state index in [-0.39, 0.29) is 12.3 Å². The van der Waals surface area contributed by atoms with Gasteiger partial charge < -0.3 is 11.1 Å². The lowest BCUT2D eigenvalue weighted by Gasteiger charge is -2.04. The molecule has 0 saturated heterocycles. The number of rotatable bonds is 2. The van der Waals surface area contributed by atoms with Crippen molar-refractivity contribution in [3.05, 3.63) is 23.9 Å². The third kappa shape index (κ3) is 1.93. The van der Waals surface area contributed by atoms with E-state index in [4.69, 9.17) is 5.73 Å². The average Bonchev–Trinajstić information content (AvgIpc) is 1.88. The highest BCUT2D eigenvalue weighted by molar-refractivity contribution is 5.77. The van der Waals surface area contributed by atoms with Gasteiger partial charge in [-0.2, -0.15) is 0 Å². The zero-order chi connectivity index (χ0) is 7.40. The summed E-state index contributed by atoms with van der Waals surface area (Å²) in [5.41, 5.74) is 5.78. The first-order chi connectivity index (χ1) is 4.79. The molecule has 1 amide bonds. The van der Waals surface area contributed by atoms with Gasteiger partial charge in [0.2, 0.25) is 5.91 Å².